The lowest BCUT2D eigenvalue weighted by molar-refractivity contribution is -0.113. The van der Waals surface area contributed by atoms with Gasteiger partial charge in [-0.2, -0.15) is 0 Å². The summed E-state index contributed by atoms with van der Waals surface area (Å²) in [5.41, 5.74) is 0.510. The summed E-state index contributed by atoms with van der Waals surface area (Å²) in [5.74, 6) is 1.18. The first-order chi connectivity index (χ1) is 12.2. The lowest BCUT2D eigenvalue weighted by Crippen LogP contribution is -2.14. The third kappa shape index (κ3) is 5.20. The highest BCUT2D eigenvalue weighted by molar-refractivity contribution is 7.99. The van der Waals surface area contributed by atoms with Crippen LogP contribution in [0.2, 0.25) is 5.02 Å². The predicted molar refractivity (Wildman–Crippen MR) is 99.4 cm³/mol. The van der Waals surface area contributed by atoms with Crippen molar-refractivity contribution in [2.45, 2.75) is 5.16 Å². The molecule has 3 rings (SSSR count). The Balaban J connectivity index is 1.68. The minimum absolute atomic E-state index is 0.182. The number of ether oxygens (including phenoxy) is 1. The van der Waals surface area contributed by atoms with Gasteiger partial charge in [0.05, 0.1) is 11.4 Å². The Morgan fingerprint density at radius 3 is 2.60 bits per heavy atom. The number of anilines is 1. The molecule has 2 aromatic carbocycles. The maximum atomic E-state index is 12.2. The fourth-order valence-electron chi connectivity index (χ4n) is 1.98. The number of rotatable bonds is 6. The molecule has 0 aliphatic carbocycles. The maximum Gasteiger partial charge on any atom is 0.234 e. The van der Waals surface area contributed by atoms with E-state index in [1.54, 1.807) is 36.7 Å². The summed E-state index contributed by atoms with van der Waals surface area (Å²) in [5, 5.41) is 3.87. The Kier molecular flexibility index (Phi) is 5.87. The molecule has 1 aromatic heterocycles. The summed E-state index contributed by atoms with van der Waals surface area (Å²) in [6, 6.07) is 16.1. The maximum absolute atomic E-state index is 12.2. The fraction of sp³-hybridized carbons (Fsp3) is 0.0556. The van der Waals surface area contributed by atoms with Crippen LogP contribution in [-0.4, -0.2) is 21.6 Å². The SMILES string of the molecule is O=C(CSc1ncccn1)Nc1cc(Cl)ccc1Oc1ccccc1. The highest BCUT2D eigenvalue weighted by atomic mass is 35.5. The third-order valence-electron chi connectivity index (χ3n) is 3.06. The second-order valence-electron chi connectivity index (χ2n) is 4.92. The number of nitrogens with zero attached hydrogens (tertiary/aromatic N) is 2. The molecule has 7 heteroatoms. The molecule has 0 aliphatic heterocycles. The highest BCUT2D eigenvalue weighted by Crippen LogP contribution is 2.32. The number of hydrogen-bond acceptors (Lipinski definition) is 5. The van der Waals surface area contributed by atoms with Gasteiger partial charge in [0, 0.05) is 17.4 Å². The zero-order valence-corrected chi connectivity index (χ0v) is 14.6. The number of thioether (sulfide) groups is 1. The molecule has 1 heterocycles. The Hall–Kier alpha value is -2.57. The summed E-state index contributed by atoms with van der Waals surface area (Å²) in [7, 11) is 0. The van der Waals surface area contributed by atoms with Gasteiger partial charge in [0.2, 0.25) is 5.91 Å². The van der Waals surface area contributed by atoms with Gasteiger partial charge in [-0.05, 0) is 36.4 Å². The van der Waals surface area contributed by atoms with E-state index in [9.17, 15) is 4.79 Å². The van der Waals surface area contributed by atoms with Gasteiger partial charge in [-0.1, -0.05) is 41.6 Å². The molecule has 0 bridgehead atoms. The van der Waals surface area contributed by atoms with Crippen molar-refractivity contribution in [3.63, 3.8) is 0 Å². The van der Waals surface area contributed by atoms with Crippen LogP contribution >= 0.6 is 23.4 Å². The van der Waals surface area contributed by atoms with Crippen molar-refractivity contribution >= 4 is 35.0 Å². The van der Waals surface area contributed by atoms with Crippen molar-refractivity contribution in [3.8, 4) is 11.5 Å². The number of benzene rings is 2. The average Bonchev–Trinajstić information content (AvgIpc) is 2.64. The van der Waals surface area contributed by atoms with E-state index in [-0.39, 0.29) is 11.7 Å². The summed E-state index contributed by atoms with van der Waals surface area (Å²) in [6.45, 7) is 0. The quantitative estimate of drug-likeness (QED) is 0.504. The fourth-order valence-corrected chi connectivity index (χ4v) is 2.76. The highest BCUT2D eigenvalue weighted by Gasteiger charge is 2.11. The van der Waals surface area contributed by atoms with Gasteiger partial charge in [0.15, 0.2) is 10.9 Å². The van der Waals surface area contributed by atoms with Gasteiger partial charge in [0.1, 0.15) is 5.75 Å². The number of para-hydroxylation sites is 1. The Labute approximate surface area is 154 Å². The van der Waals surface area contributed by atoms with E-state index in [0.29, 0.717) is 27.4 Å². The molecule has 0 aliphatic rings. The molecule has 0 unspecified atom stereocenters. The largest absolute Gasteiger partial charge is 0.455 e. The molecule has 0 spiro atoms. The second kappa shape index (κ2) is 8.50. The van der Waals surface area contributed by atoms with Crippen LogP contribution in [0.3, 0.4) is 0 Å². The summed E-state index contributed by atoms with van der Waals surface area (Å²) in [6.07, 6.45) is 3.27. The molecule has 3 aromatic rings. The number of aromatic nitrogens is 2. The minimum atomic E-state index is -0.197. The molecule has 126 valence electrons. The van der Waals surface area contributed by atoms with E-state index in [0.717, 1.165) is 0 Å². The standard InChI is InChI=1S/C18H14ClN3O2S/c19-13-7-8-16(24-14-5-2-1-3-6-14)15(11-13)22-17(23)12-25-18-20-9-4-10-21-18/h1-11H,12H2,(H,22,23). The second-order valence-corrected chi connectivity index (χ2v) is 6.30. The third-order valence-corrected chi connectivity index (χ3v) is 4.17. The van der Waals surface area contributed by atoms with Crippen molar-refractivity contribution < 1.29 is 9.53 Å². The molecule has 1 N–H and O–H groups in total. The average molecular weight is 372 g/mol. The van der Waals surface area contributed by atoms with E-state index in [1.165, 1.54) is 11.8 Å². The van der Waals surface area contributed by atoms with Gasteiger partial charge < -0.3 is 10.1 Å². The van der Waals surface area contributed by atoms with Crippen LogP contribution in [0.1, 0.15) is 0 Å². The van der Waals surface area contributed by atoms with E-state index < -0.39 is 0 Å². The van der Waals surface area contributed by atoms with Crippen LogP contribution in [0.4, 0.5) is 5.69 Å². The first kappa shape index (κ1) is 17.3. The number of hydrogen-bond donors (Lipinski definition) is 1. The van der Waals surface area contributed by atoms with Crippen molar-refractivity contribution in [2.24, 2.45) is 0 Å². The molecular weight excluding hydrogens is 358 g/mol. The summed E-state index contributed by atoms with van der Waals surface area (Å²) in [4.78, 5) is 20.4. The minimum Gasteiger partial charge on any atom is -0.455 e. The van der Waals surface area contributed by atoms with E-state index in [4.69, 9.17) is 16.3 Å². The smallest absolute Gasteiger partial charge is 0.234 e. The zero-order chi connectivity index (χ0) is 17.5. The normalized spacial score (nSPS) is 10.3. The number of carbonyl (C=O) groups is 1. The van der Waals surface area contributed by atoms with Crippen LogP contribution in [0.25, 0.3) is 0 Å². The molecule has 0 fully saturated rings. The molecule has 0 radical (unpaired) electrons. The van der Waals surface area contributed by atoms with Gasteiger partial charge in [-0.15, -0.1) is 0 Å². The van der Waals surface area contributed by atoms with Crippen LogP contribution < -0.4 is 10.1 Å². The van der Waals surface area contributed by atoms with Crippen LogP contribution in [0.5, 0.6) is 11.5 Å². The molecule has 1 amide bonds. The molecule has 25 heavy (non-hydrogen) atoms. The van der Waals surface area contributed by atoms with E-state index >= 15 is 0 Å². The van der Waals surface area contributed by atoms with Crippen LogP contribution in [-0.2, 0) is 4.79 Å². The number of amides is 1. The van der Waals surface area contributed by atoms with Gasteiger partial charge in [-0.3, -0.25) is 4.79 Å². The molecule has 5 nitrogen and oxygen atoms in total. The summed E-state index contributed by atoms with van der Waals surface area (Å²) < 4.78 is 5.82. The van der Waals surface area contributed by atoms with E-state index in [2.05, 4.69) is 15.3 Å². The molecule has 0 saturated carbocycles. The van der Waals surface area contributed by atoms with Crippen molar-refractivity contribution in [1.29, 1.82) is 0 Å². The molecule has 0 atom stereocenters. The predicted octanol–water partition coefficient (Wildman–Crippen LogP) is 4.65. The molecule has 0 saturated heterocycles. The van der Waals surface area contributed by atoms with Crippen molar-refractivity contribution in [1.82, 2.24) is 9.97 Å². The first-order valence-corrected chi connectivity index (χ1v) is 8.79. The lowest BCUT2D eigenvalue weighted by Gasteiger charge is -2.12. The Morgan fingerprint density at radius 2 is 1.84 bits per heavy atom. The number of nitrogens with one attached hydrogen (secondary N) is 1. The zero-order valence-electron chi connectivity index (χ0n) is 13.1. The van der Waals surface area contributed by atoms with Crippen LogP contribution in [0, 0.1) is 0 Å². The van der Waals surface area contributed by atoms with Crippen molar-refractivity contribution in [2.75, 3.05) is 11.1 Å². The van der Waals surface area contributed by atoms with Gasteiger partial charge >= 0.3 is 0 Å². The molecular formula is C18H14ClN3O2S. The lowest BCUT2D eigenvalue weighted by atomic mass is 10.3. The number of carbonyl (C=O) groups excluding carboxylic acids is 1. The van der Waals surface area contributed by atoms with Gasteiger partial charge in [0.25, 0.3) is 0 Å². The summed E-state index contributed by atoms with van der Waals surface area (Å²) >= 11 is 7.30. The van der Waals surface area contributed by atoms with Crippen molar-refractivity contribution in [3.05, 3.63) is 72.0 Å². The van der Waals surface area contributed by atoms with Crippen LogP contribution in [0.15, 0.2) is 72.1 Å². The first-order valence-electron chi connectivity index (χ1n) is 7.43. The van der Waals surface area contributed by atoms with E-state index in [1.807, 2.05) is 30.3 Å². The monoisotopic (exact) mass is 371 g/mol. The topological polar surface area (TPSA) is 64.1 Å². The Morgan fingerprint density at radius 1 is 1.08 bits per heavy atom. The number of halogens is 1. The van der Waals surface area contributed by atoms with Gasteiger partial charge in [-0.25, -0.2) is 9.97 Å². The Bertz CT molecular complexity index is 847.